The summed E-state index contributed by atoms with van der Waals surface area (Å²) in [5, 5.41) is 3.07. The van der Waals surface area contributed by atoms with Crippen molar-refractivity contribution >= 4 is 11.8 Å². The molecule has 0 fully saturated rings. The van der Waals surface area contributed by atoms with Crippen molar-refractivity contribution < 1.29 is 18.7 Å². The third-order valence-electron chi connectivity index (χ3n) is 5.12. The number of rotatable bonds is 11. The van der Waals surface area contributed by atoms with Gasteiger partial charge in [0.05, 0.1) is 13.2 Å². The predicted molar refractivity (Wildman–Crippen MR) is 116 cm³/mol. The van der Waals surface area contributed by atoms with Crippen molar-refractivity contribution in [3.8, 4) is 5.75 Å². The summed E-state index contributed by atoms with van der Waals surface area (Å²) < 4.78 is 18.4. The van der Waals surface area contributed by atoms with Crippen molar-refractivity contribution in [2.45, 2.75) is 45.6 Å². The summed E-state index contributed by atoms with van der Waals surface area (Å²) in [6.45, 7) is 5.25. The van der Waals surface area contributed by atoms with Gasteiger partial charge in [0.2, 0.25) is 11.8 Å². The topological polar surface area (TPSA) is 58.6 Å². The molecule has 0 aliphatic heterocycles. The molecule has 0 bridgehead atoms. The fraction of sp³-hybridized carbons (Fsp3) is 0.417. The SMILES string of the molecule is CCN(CC)C(=O)CCCC(=O)NC(Cc1ccc(F)cc1)c1ccc(OC)cc1. The van der Waals surface area contributed by atoms with Gasteiger partial charge in [-0.3, -0.25) is 9.59 Å². The predicted octanol–water partition coefficient (Wildman–Crippen LogP) is 4.27. The Hall–Kier alpha value is -2.89. The van der Waals surface area contributed by atoms with Crippen molar-refractivity contribution in [3.63, 3.8) is 0 Å². The van der Waals surface area contributed by atoms with Gasteiger partial charge in [-0.15, -0.1) is 0 Å². The molecule has 6 heteroatoms. The first-order valence-electron chi connectivity index (χ1n) is 10.4. The maximum absolute atomic E-state index is 13.2. The fourth-order valence-electron chi connectivity index (χ4n) is 3.35. The number of hydrogen-bond acceptors (Lipinski definition) is 3. The molecule has 1 atom stereocenters. The number of amides is 2. The van der Waals surface area contributed by atoms with Crippen LogP contribution in [-0.4, -0.2) is 36.9 Å². The molecule has 0 aliphatic rings. The van der Waals surface area contributed by atoms with E-state index in [9.17, 15) is 14.0 Å². The molecule has 162 valence electrons. The van der Waals surface area contributed by atoms with Gasteiger partial charge < -0.3 is 15.0 Å². The maximum atomic E-state index is 13.2. The quantitative estimate of drug-likeness (QED) is 0.597. The van der Waals surface area contributed by atoms with E-state index in [4.69, 9.17) is 4.74 Å². The van der Waals surface area contributed by atoms with Gasteiger partial charge in [0, 0.05) is 25.9 Å². The van der Waals surface area contributed by atoms with Gasteiger partial charge in [-0.05, 0) is 62.1 Å². The first-order valence-corrected chi connectivity index (χ1v) is 10.4. The minimum atomic E-state index is -0.290. The minimum Gasteiger partial charge on any atom is -0.497 e. The van der Waals surface area contributed by atoms with E-state index in [1.807, 2.05) is 38.1 Å². The normalized spacial score (nSPS) is 11.6. The highest BCUT2D eigenvalue weighted by Gasteiger charge is 2.17. The highest BCUT2D eigenvalue weighted by atomic mass is 19.1. The third-order valence-corrected chi connectivity index (χ3v) is 5.12. The third kappa shape index (κ3) is 7.17. The number of nitrogens with zero attached hydrogens (tertiary/aromatic N) is 1. The van der Waals surface area contributed by atoms with E-state index in [1.165, 1.54) is 12.1 Å². The Labute approximate surface area is 178 Å². The zero-order valence-electron chi connectivity index (χ0n) is 18.0. The van der Waals surface area contributed by atoms with Crippen LogP contribution in [0.3, 0.4) is 0 Å². The number of carbonyl (C=O) groups is 2. The maximum Gasteiger partial charge on any atom is 0.222 e. The summed E-state index contributed by atoms with van der Waals surface area (Å²) in [6.07, 6.45) is 1.69. The monoisotopic (exact) mass is 414 g/mol. The van der Waals surface area contributed by atoms with E-state index < -0.39 is 0 Å². The van der Waals surface area contributed by atoms with E-state index >= 15 is 0 Å². The van der Waals surface area contributed by atoms with Gasteiger partial charge in [0.15, 0.2) is 0 Å². The molecule has 2 amide bonds. The van der Waals surface area contributed by atoms with Crippen LogP contribution in [0.1, 0.15) is 50.3 Å². The molecular weight excluding hydrogens is 383 g/mol. The molecule has 1 N–H and O–H groups in total. The number of halogens is 1. The summed E-state index contributed by atoms with van der Waals surface area (Å²) in [5.74, 6) is 0.415. The lowest BCUT2D eigenvalue weighted by Gasteiger charge is -2.21. The van der Waals surface area contributed by atoms with Crippen LogP contribution in [0.2, 0.25) is 0 Å². The Kier molecular flexibility index (Phi) is 9.32. The van der Waals surface area contributed by atoms with E-state index in [1.54, 1.807) is 24.1 Å². The van der Waals surface area contributed by atoms with Crippen LogP contribution >= 0.6 is 0 Å². The van der Waals surface area contributed by atoms with Crippen molar-refractivity contribution in [2.75, 3.05) is 20.2 Å². The van der Waals surface area contributed by atoms with Crippen LogP contribution in [0.5, 0.6) is 5.75 Å². The Morgan fingerprint density at radius 1 is 1.00 bits per heavy atom. The van der Waals surface area contributed by atoms with Crippen LogP contribution in [0.25, 0.3) is 0 Å². The molecule has 0 aromatic heterocycles. The van der Waals surface area contributed by atoms with E-state index in [0.29, 0.717) is 32.4 Å². The fourth-order valence-corrected chi connectivity index (χ4v) is 3.35. The van der Waals surface area contributed by atoms with Gasteiger partial charge >= 0.3 is 0 Å². The number of ether oxygens (including phenoxy) is 1. The Bertz CT molecular complexity index is 802. The van der Waals surface area contributed by atoms with E-state index in [2.05, 4.69) is 5.32 Å². The van der Waals surface area contributed by atoms with E-state index in [-0.39, 0.29) is 30.1 Å². The van der Waals surface area contributed by atoms with Crippen LogP contribution in [0.4, 0.5) is 4.39 Å². The van der Waals surface area contributed by atoms with Crippen molar-refractivity contribution in [2.24, 2.45) is 0 Å². The second-order valence-electron chi connectivity index (χ2n) is 7.14. The summed E-state index contributed by atoms with van der Waals surface area (Å²) in [5.41, 5.74) is 1.86. The number of nitrogens with one attached hydrogen (secondary N) is 1. The summed E-state index contributed by atoms with van der Waals surface area (Å²) in [7, 11) is 1.60. The molecule has 0 heterocycles. The van der Waals surface area contributed by atoms with Crippen LogP contribution in [0, 0.1) is 5.82 Å². The number of methoxy groups -OCH3 is 1. The molecule has 1 unspecified atom stereocenters. The molecule has 0 radical (unpaired) electrons. The average molecular weight is 415 g/mol. The smallest absolute Gasteiger partial charge is 0.222 e. The molecule has 0 spiro atoms. The molecule has 2 rings (SSSR count). The summed E-state index contributed by atoms with van der Waals surface area (Å²) in [6, 6.07) is 13.6. The molecule has 0 aliphatic carbocycles. The van der Waals surface area contributed by atoms with Crippen molar-refractivity contribution in [1.82, 2.24) is 10.2 Å². The number of benzene rings is 2. The highest BCUT2D eigenvalue weighted by molar-refractivity contribution is 5.79. The van der Waals surface area contributed by atoms with Crippen molar-refractivity contribution in [1.29, 1.82) is 0 Å². The molecule has 2 aromatic carbocycles. The number of carbonyl (C=O) groups excluding carboxylic acids is 2. The second kappa shape index (κ2) is 12.0. The van der Waals surface area contributed by atoms with Crippen molar-refractivity contribution in [3.05, 3.63) is 65.5 Å². The van der Waals surface area contributed by atoms with Gasteiger partial charge in [-0.25, -0.2) is 4.39 Å². The van der Waals surface area contributed by atoms with Crippen LogP contribution < -0.4 is 10.1 Å². The molecular formula is C24H31FN2O3. The first kappa shape index (κ1) is 23.4. The van der Waals surface area contributed by atoms with E-state index in [0.717, 1.165) is 16.9 Å². The lowest BCUT2D eigenvalue weighted by molar-refractivity contribution is -0.131. The molecule has 0 saturated heterocycles. The zero-order chi connectivity index (χ0) is 21.9. The lowest BCUT2D eigenvalue weighted by atomic mass is 9.98. The highest BCUT2D eigenvalue weighted by Crippen LogP contribution is 2.22. The van der Waals surface area contributed by atoms with Gasteiger partial charge in [0.1, 0.15) is 11.6 Å². The van der Waals surface area contributed by atoms with Crippen LogP contribution in [-0.2, 0) is 16.0 Å². The Morgan fingerprint density at radius 3 is 2.20 bits per heavy atom. The first-order chi connectivity index (χ1) is 14.5. The molecule has 30 heavy (non-hydrogen) atoms. The summed E-state index contributed by atoms with van der Waals surface area (Å²) >= 11 is 0. The largest absolute Gasteiger partial charge is 0.497 e. The van der Waals surface area contributed by atoms with Crippen LogP contribution in [0.15, 0.2) is 48.5 Å². The molecule has 2 aromatic rings. The Balaban J connectivity index is 2.01. The molecule has 5 nitrogen and oxygen atoms in total. The Morgan fingerprint density at radius 2 is 1.63 bits per heavy atom. The van der Waals surface area contributed by atoms with Gasteiger partial charge in [-0.2, -0.15) is 0 Å². The summed E-state index contributed by atoms with van der Waals surface area (Å²) in [4.78, 5) is 26.4. The zero-order valence-corrected chi connectivity index (χ0v) is 18.0. The standard InChI is InChI=1S/C24H31FN2O3/c1-4-27(5-2)24(29)8-6-7-23(28)26-22(17-18-9-13-20(25)14-10-18)19-11-15-21(30-3)16-12-19/h9-16,22H,4-8,17H2,1-3H3,(H,26,28). The minimum absolute atomic E-state index is 0.0748. The average Bonchev–Trinajstić information content (AvgIpc) is 2.75. The second-order valence-corrected chi connectivity index (χ2v) is 7.14. The lowest BCUT2D eigenvalue weighted by Crippen LogP contribution is -2.32. The van der Waals surface area contributed by atoms with Gasteiger partial charge in [-0.1, -0.05) is 24.3 Å². The van der Waals surface area contributed by atoms with Gasteiger partial charge in [0.25, 0.3) is 0 Å². The number of hydrogen-bond donors (Lipinski definition) is 1. The molecule has 0 saturated carbocycles.